The lowest BCUT2D eigenvalue weighted by Crippen LogP contribution is -2.65. The number of hydrogen-bond donors (Lipinski definition) is 23. The highest BCUT2D eigenvalue weighted by atomic mass is 16.6. The molecule has 1 amide bonds. The van der Waals surface area contributed by atoms with Crippen LogP contribution in [0.2, 0.25) is 0 Å². The zero-order valence-corrected chi connectivity index (χ0v) is 47.9. The van der Waals surface area contributed by atoms with E-state index in [2.05, 4.69) is 16.0 Å². The molecule has 0 radical (unpaired) electrons. The summed E-state index contributed by atoms with van der Waals surface area (Å²) in [4.78, 5) is 11.4. The molecular weight excluding hydrogens is 1130 g/mol. The van der Waals surface area contributed by atoms with E-state index in [0.717, 1.165) is 0 Å². The van der Waals surface area contributed by atoms with Crippen LogP contribution in [0.3, 0.4) is 0 Å². The molecule has 6 fully saturated rings. The van der Waals surface area contributed by atoms with Crippen LogP contribution in [0.4, 0.5) is 0 Å². The highest BCUT2D eigenvalue weighted by Crippen LogP contribution is 2.31. The number of ether oxygens (including phenoxy) is 9. The van der Waals surface area contributed by atoms with Crippen molar-refractivity contribution in [1.82, 2.24) is 16.0 Å². The fraction of sp³-hybridized carbons (Fsp3) is 0.980. The van der Waals surface area contributed by atoms with E-state index in [9.17, 15) is 86.5 Å². The van der Waals surface area contributed by atoms with E-state index in [4.69, 9.17) is 64.3 Å². The second kappa shape index (κ2) is 36.8. The highest BCUT2D eigenvalue weighted by molar-refractivity contribution is 5.73. The predicted octanol–water partition coefficient (Wildman–Crippen LogP) is -12.9. The fourth-order valence-corrected chi connectivity index (χ4v) is 11.3. The number of carbonyl (C=O) groups is 1. The Labute approximate surface area is 487 Å². The number of hydrogen-bond acceptors (Lipinski definition) is 32. The molecule has 0 bridgehead atoms. The lowest BCUT2D eigenvalue weighted by molar-refractivity contribution is -0.242. The lowest BCUT2D eigenvalue weighted by atomic mass is 9.86. The molecule has 6 aliphatic rings. The molecule has 30 unspecified atom stereocenters. The maximum atomic E-state index is 11.4. The predicted molar refractivity (Wildman–Crippen MR) is 286 cm³/mol. The lowest BCUT2D eigenvalue weighted by Gasteiger charge is -2.45. The average Bonchev–Trinajstić information content (AvgIpc) is 3.33. The van der Waals surface area contributed by atoms with E-state index in [0.29, 0.717) is 0 Å². The largest absolute Gasteiger partial charge is 0.395 e. The van der Waals surface area contributed by atoms with Gasteiger partial charge in [0, 0.05) is 37.8 Å². The van der Waals surface area contributed by atoms with Gasteiger partial charge < -0.3 is 162 Å². The first-order valence-corrected chi connectivity index (χ1v) is 28.5. The molecule has 496 valence electrons. The molecule has 0 spiro atoms. The highest BCUT2D eigenvalue weighted by Gasteiger charge is 2.49. The SMILES string of the molecule is CC(=O)NC1C(C)OC(CO)C(COCC2OC(CO)C(O)C(O)C2O)C1O.CC1OC(CO)C(COCC2OC(CO)C(O)C(O)C2N)C(O)C1N.CC1OC(CO)C(COCC2OC(CO)C(O)C(O)C2NCCO)C(O)C1NCCO. The first-order chi connectivity index (χ1) is 39.9. The first-order valence-electron chi connectivity index (χ1n) is 28.5. The van der Waals surface area contributed by atoms with Gasteiger partial charge in [0.15, 0.2) is 0 Å². The van der Waals surface area contributed by atoms with Gasteiger partial charge in [-0.25, -0.2) is 0 Å². The zero-order chi connectivity index (χ0) is 62.7. The summed E-state index contributed by atoms with van der Waals surface area (Å²) < 4.78 is 50.4. The van der Waals surface area contributed by atoms with Gasteiger partial charge in [-0.15, -0.1) is 0 Å². The molecule has 0 aliphatic carbocycles. The van der Waals surface area contributed by atoms with Gasteiger partial charge in [-0.2, -0.15) is 0 Å². The molecule has 0 aromatic rings. The van der Waals surface area contributed by atoms with E-state index in [1.165, 1.54) is 6.92 Å². The topological polar surface area (TPSA) is 552 Å². The molecule has 6 heterocycles. The van der Waals surface area contributed by atoms with Crippen molar-refractivity contribution in [2.24, 2.45) is 29.2 Å². The Morgan fingerprint density at radius 2 is 0.726 bits per heavy atom. The maximum Gasteiger partial charge on any atom is 0.217 e. The smallest absolute Gasteiger partial charge is 0.217 e. The van der Waals surface area contributed by atoms with E-state index in [1.807, 2.05) is 0 Å². The number of nitrogens with one attached hydrogen (secondary N) is 3. The van der Waals surface area contributed by atoms with E-state index in [1.54, 1.807) is 20.8 Å². The number of nitrogens with two attached hydrogens (primary N) is 2. The minimum Gasteiger partial charge on any atom is -0.395 e. The van der Waals surface area contributed by atoms with Crippen molar-refractivity contribution >= 4 is 5.91 Å². The van der Waals surface area contributed by atoms with Gasteiger partial charge in [0.1, 0.15) is 67.1 Å². The number of rotatable bonds is 25. The Bertz CT molecular complexity index is 1820. The van der Waals surface area contributed by atoms with Gasteiger partial charge >= 0.3 is 0 Å². The summed E-state index contributed by atoms with van der Waals surface area (Å²) in [5, 5.41) is 185. The molecule has 33 nitrogen and oxygen atoms in total. The molecular formula is C51H99N5O28. The maximum absolute atomic E-state index is 11.4. The second-order valence-corrected chi connectivity index (χ2v) is 22.2. The third kappa shape index (κ3) is 19.6. The second-order valence-electron chi connectivity index (χ2n) is 22.2. The van der Waals surface area contributed by atoms with Crippen molar-refractivity contribution in [3.63, 3.8) is 0 Å². The van der Waals surface area contributed by atoms with Crippen molar-refractivity contribution in [2.75, 3.05) is 106 Å². The van der Waals surface area contributed by atoms with Crippen molar-refractivity contribution in [2.45, 2.75) is 192 Å². The molecule has 84 heavy (non-hydrogen) atoms. The molecule has 25 N–H and O–H groups in total. The van der Waals surface area contributed by atoms with E-state index < -0.39 is 190 Å². The fourth-order valence-electron chi connectivity index (χ4n) is 11.3. The van der Waals surface area contributed by atoms with Gasteiger partial charge in [0.2, 0.25) is 5.91 Å². The molecule has 0 aromatic heterocycles. The van der Waals surface area contributed by atoms with Crippen LogP contribution in [0.5, 0.6) is 0 Å². The number of aliphatic hydroxyl groups excluding tert-OH is 18. The minimum atomic E-state index is -1.50. The van der Waals surface area contributed by atoms with Crippen LogP contribution in [-0.4, -0.2) is 368 Å². The molecule has 33 heteroatoms. The summed E-state index contributed by atoms with van der Waals surface area (Å²) in [7, 11) is 0. The van der Waals surface area contributed by atoms with Crippen molar-refractivity contribution in [3.8, 4) is 0 Å². The molecule has 0 saturated carbocycles. The monoisotopic (exact) mass is 1230 g/mol. The Hall–Kier alpha value is -1.77. The van der Waals surface area contributed by atoms with Crippen LogP contribution < -0.4 is 27.4 Å². The van der Waals surface area contributed by atoms with Gasteiger partial charge in [-0.05, 0) is 20.8 Å². The molecule has 0 aromatic carbocycles. The average molecular weight is 1230 g/mol. The number of carbonyl (C=O) groups excluding carboxylic acids is 1. The quantitative estimate of drug-likeness (QED) is 0.0404. The number of amides is 1. The van der Waals surface area contributed by atoms with Gasteiger partial charge in [0.05, 0.1) is 190 Å². The van der Waals surface area contributed by atoms with Crippen LogP contribution in [0.25, 0.3) is 0 Å². The summed E-state index contributed by atoms with van der Waals surface area (Å²) in [6.45, 7) is 3.97. The minimum absolute atomic E-state index is 0.0193. The summed E-state index contributed by atoms with van der Waals surface area (Å²) in [6, 6.07) is -3.36. The summed E-state index contributed by atoms with van der Waals surface area (Å²) in [5.41, 5.74) is 11.7. The summed E-state index contributed by atoms with van der Waals surface area (Å²) in [6.07, 6.45) is -21.0. The normalized spacial score (nSPS) is 44.5. The van der Waals surface area contributed by atoms with Crippen molar-refractivity contribution < 1.29 is 139 Å². The molecule has 6 aliphatic heterocycles. The van der Waals surface area contributed by atoms with Crippen molar-refractivity contribution in [3.05, 3.63) is 0 Å². The third-order valence-electron chi connectivity index (χ3n) is 16.4. The van der Waals surface area contributed by atoms with Crippen LogP contribution >= 0.6 is 0 Å². The molecule has 30 atom stereocenters. The first kappa shape index (κ1) is 74.7. The Balaban J connectivity index is 0.000000272. The van der Waals surface area contributed by atoms with Crippen LogP contribution in [0, 0.1) is 17.8 Å². The number of aliphatic hydroxyl groups is 18. The zero-order valence-electron chi connectivity index (χ0n) is 47.9. The summed E-state index contributed by atoms with van der Waals surface area (Å²) >= 11 is 0. The van der Waals surface area contributed by atoms with E-state index >= 15 is 0 Å². The molecule has 6 rings (SSSR count). The van der Waals surface area contributed by atoms with Crippen LogP contribution in [-0.2, 0) is 47.4 Å². The molecule has 6 saturated heterocycles. The van der Waals surface area contributed by atoms with E-state index in [-0.39, 0.29) is 104 Å². The van der Waals surface area contributed by atoms with Crippen LogP contribution in [0.15, 0.2) is 0 Å². The Kier molecular flexibility index (Phi) is 32.7. The Morgan fingerprint density at radius 3 is 1.19 bits per heavy atom. The van der Waals surface area contributed by atoms with Crippen molar-refractivity contribution in [1.29, 1.82) is 0 Å². The van der Waals surface area contributed by atoms with Gasteiger partial charge in [-0.1, -0.05) is 0 Å². The van der Waals surface area contributed by atoms with Crippen LogP contribution in [0.1, 0.15) is 27.7 Å². The Morgan fingerprint density at radius 1 is 0.369 bits per heavy atom. The van der Waals surface area contributed by atoms with Gasteiger partial charge in [-0.3, -0.25) is 4.79 Å². The standard InChI is InChI=1S/C19H38N2O10.C17H31NO10.C15H30N2O8/c1-10-15(20-2-4-22)17(26)11(12(6-24)30-10)8-29-9-14-16(21-3-5-23)19(28)18(27)13(7-25)31-14;1-7-13(18-8(2)21)14(22)9(10(3-19)27-7)5-26-6-12-16(24)17(25)15(23)11(4-20)28-12;1-6-11(16)13(20)7(8(2-18)24-6)4-23-5-10-12(17)15(22)14(21)9(3-19)25-10/h10-28H,2-9H2,1H3;7,9-17,19-20,22-25H,3-6H2,1-2H3,(H,18,21);6-15,18-22H,2-5,16-17H2,1H3. The van der Waals surface area contributed by atoms with Gasteiger partial charge in [0.25, 0.3) is 0 Å². The summed E-state index contributed by atoms with van der Waals surface area (Å²) in [5.74, 6) is -2.08. The third-order valence-corrected chi connectivity index (χ3v) is 16.4.